The Bertz CT molecular complexity index is 344. The molecular formula is C14H26N2O. The normalized spacial score (nSPS) is 13.0. The average Bonchev–Trinajstić information content (AvgIpc) is 2.56. The molecule has 0 aliphatic carbocycles. The highest BCUT2D eigenvalue weighted by atomic mass is 16.3. The predicted octanol–water partition coefficient (Wildman–Crippen LogP) is 2.14. The van der Waals surface area contributed by atoms with E-state index in [0.717, 1.165) is 25.9 Å². The van der Waals surface area contributed by atoms with Crippen LogP contribution in [0.2, 0.25) is 0 Å². The van der Waals surface area contributed by atoms with Crippen molar-refractivity contribution in [2.75, 3.05) is 13.2 Å². The fraction of sp³-hybridized carbons (Fsp3) is 0.714. The summed E-state index contributed by atoms with van der Waals surface area (Å²) in [5.41, 5.74) is 4.02. The number of hydrogen-bond acceptors (Lipinski definition) is 2. The van der Waals surface area contributed by atoms with Gasteiger partial charge in [-0.3, -0.25) is 0 Å². The molecule has 2 N–H and O–H groups in total. The summed E-state index contributed by atoms with van der Waals surface area (Å²) in [6, 6.07) is 2.25. The van der Waals surface area contributed by atoms with Gasteiger partial charge in [0.25, 0.3) is 0 Å². The Labute approximate surface area is 105 Å². The molecule has 98 valence electrons. The molecule has 0 aliphatic rings. The van der Waals surface area contributed by atoms with Crippen molar-refractivity contribution in [2.24, 2.45) is 13.0 Å². The van der Waals surface area contributed by atoms with Crippen molar-refractivity contribution in [2.45, 2.75) is 40.2 Å². The number of aryl methyl sites for hydroxylation is 1. The molecule has 0 radical (unpaired) electrons. The lowest BCUT2D eigenvalue weighted by molar-refractivity contribution is 0.251. The first-order chi connectivity index (χ1) is 8.10. The van der Waals surface area contributed by atoms with Crippen LogP contribution in [0.1, 0.15) is 36.7 Å². The maximum atomic E-state index is 8.94. The molecule has 0 saturated heterocycles. The lowest BCUT2D eigenvalue weighted by Gasteiger charge is -2.14. The van der Waals surface area contributed by atoms with Gasteiger partial charge in [0.15, 0.2) is 0 Å². The highest BCUT2D eigenvalue weighted by Gasteiger charge is 2.08. The molecule has 1 aromatic heterocycles. The molecule has 17 heavy (non-hydrogen) atoms. The van der Waals surface area contributed by atoms with E-state index >= 15 is 0 Å². The van der Waals surface area contributed by atoms with Crippen LogP contribution < -0.4 is 5.32 Å². The molecule has 1 unspecified atom stereocenters. The van der Waals surface area contributed by atoms with Crippen LogP contribution in [0.4, 0.5) is 0 Å². The molecule has 1 aromatic rings. The third kappa shape index (κ3) is 3.86. The quantitative estimate of drug-likeness (QED) is 0.763. The molecule has 0 aliphatic heterocycles. The fourth-order valence-electron chi connectivity index (χ4n) is 2.16. The molecule has 0 saturated carbocycles. The third-order valence-corrected chi connectivity index (χ3v) is 3.74. The topological polar surface area (TPSA) is 37.2 Å². The first kappa shape index (κ1) is 14.3. The molecular weight excluding hydrogens is 212 g/mol. The van der Waals surface area contributed by atoms with E-state index in [0.29, 0.717) is 12.5 Å². The van der Waals surface area contributed by atoms with Crippen LogP contribution >= 0.6 is 0 Å². The zero-order valence-electron chi connectivity index (χ0n) is 11.6. The third-order valence-electron chi connectivity index (χ3n) is 3.74. The van der Waals surface area contributed by atoms with Crippen molar-refractivity contribution >= 4 is 0 Å². The number of rotatable bonds is 7. The Morgan fingerprint density at radius 3 is 2.59 bits per heavy atom. The second kappa shape index (κ2) is 6.82. The van der Waals surface area contributed by atoms with Crippen LogP contribution in [0.15, 0.2) is 6.07 Å². The zero-order valence-corrected chi connectivity index (χ0v) is 11.6. The SMILES string of the molecule is CCC(CCO)CNCc1cc(C)n(C)c1C. The smallest absolute Gasteiger partial charge is 0.0434 e. The molecule has 1 heterocycles. The van der Waals surface area contributed by atoms with Gasteiger partial charge in [-0.15, -0.1) is 0 Å². The van der Waals surface area contributed by atoms with Crippen LogP contribution in [0.3, 0.4) is 0 Å². The number of nitrogens with one attached hydrogen (secondary N) is 1. The summed E-state index contributed by atoms with van der Waals surface area (Å²) >= 11 is 0. The van der Waals surface area contributed by atoms with Gasteiger partial charge in [-0.05, 0) is 44.4 Å². The van der Waals surface area contributed by atoms with Crippen molar-refractivity contribution in [3.8, 4) is 0 Å². The van der Waals surface area contributed by atoms with Crippen molar-refractivity contribution in [3.63, 3.8) is 0 Å². The van der Waals surface area contributed by atoms with Crippen molar-refractivity contribution in [1.29, 1.82) is 0 Å². The molecule has 1 atom stereocenters. The minimum absolute atomic E-state index is 0.295. The van der Waals surface area contributed by atoms with Gasteiger partial charge in [0.2, 0.25) is 0 Å². The number of aromatic nitrogens is 1. The summed E-state index contributed by atoms with van der Waals surface area (Å²) in [6.07, 6.45) is 2.02. The monoisotopic (exact) mass is 238 g/mol. The van der Waals surface area contributed by atoms with E-state index in [1.54, 1.807) is 0 Å². The Morgan fingerprint density at radius 2 is 2.12 bits per heavy atom. The van der Waals surface area contributed by atoms with E-state index in [1.165, 1.54) is 17.0 Å². The summed E-state index contributed by atoms with van der Waals surface area (Å²) in [4.78, 5) is 0. The summed E-state index contributed by atoms with van der Waals surface area (Å²) in [7, 11) is 2.11. The lowest BCUT2D eigenvalue weighted by Crippen LogP contribution is -2.23. The van der Waals surface area contributed by atoms with Crippen molar-refractivity contribution in [3.05, 3.63) is 23.0 Å². The van der Waals surface area contributed by atoms with Gasteiger partial charge >= 0.3 is 0 Å². The first-order valence-electron chi connectivity index (χ1n) is 6.53. The molecule has 3 nitrogen and oxygen atoms in total. The largest absolute Gasteiger partial charge is 0.396 e. The Kier molecular flexibility index (Phi) is 5.72. The van der Waals surface area contributed by atoms with Gasteiger partial charge in [0.05, 0.1) is 0 Å². The fourth-order valence-corrected chi connectivity index (χ4v) is 2.16. The number of aliphatic hydroxyl groups is 1. The summed E-state index contributed by atoms with van der Waals surface area (Å²) in [5.74, 6) is 0.588. The van der Waals surface area contributed by atoms with E-state index < -0.39 is 0 Å². The summed E-state index contributed by atoms with van der Waals surface area (Å²) in [5, 5.41) is 12.4. The van der Waals surface area contributed by atoms with Gasteiger partial charge in [0.1, 0.15) is 0 Å². The lowest BCUT2D eigenvalue weighted by atomic mass is 10.0. The Hall–Kier alpha value is -0.800. The summed E-state index contributed by atoms with van der Waals surface area (Å²) in [6.45, 7) is 8.69. The minimum Gasteiger partial charge on any atom is -0.396 e. The van der Waals surface area contributed by atoms with Crippen LogP contribution in [0.25, 0.3) is 0 Å². The van der Waals surface area contributed by atoms with Gasteiger partial charge in [-0.2, -0.15) is 0 Å². The predicted molar refractivity (Wildman–Crippen MR) is 72.1 cm³/mol. The van der Waals surface area contributed by atoms with E-state index in [1.807, 2.05) is 0 Å². The van der Waals surface area contributed by atoms with Gasteiger partial charge < -0.3 is 15.0 Å². The van der Waals surface area contributed by atoms with E-state index in [-0.39, 0.29) is 0 Å². The molecule has 0 fully saturated rings. The standard InChI is InChI=1S/C14H26N2O/c1-5-13(6-7-17)9-15-10-14-8-11(2)16(4)12(14)3/h8,13,15,17H,5-7,9-10H2,1-4H3. The molecule has 0 amide bonds. The minimum atomic E-state index is 0.295. The van der Waals surface area contributed by atoms with Gasteiger partial charge in [0, 0.05) is 31.6 Å². The van der Waals surface area contributed by atoms with Gasteiger partial charge in [-0.25, -0.2) is 0 Å². The van der Waals surface area contributed by atoms with E-state index in [4.69, 9.17) is 5.11 Å². The maximum absolute atomic E-state index is 8.94. The second-order valence-corrected chi connectivity index (χ2v) is 4.87. The van der Waals surface area contributed by atoms with Crippen LogP contribution in [-0.2, 0) is 13.6 Å². The second-order valence-electron chi connectivity index (χ2n) is 4.87. The van der Waals surface area contributed by atoms with Crippen LogP contribution in [0.5, 0.6) is 0 Å². The maximum Gasteiger partial charge on any atom is 0.0434 e. The number of hydrogen-bond donors (Lipinski definition) is 2. The average molecular weight is 238 g/mol. The van der Waals surface area contributed by atoms with Crippen LogP contribution in [0, 0.1) is 19.8 Å². The molecule has 3 heteroatoms. The van der Waals surface area contributed by atoms with E-state index in [2.05, 4.69) is 43.8 Å². The number of aliphatic hydroxyl groups excluding tert-OH is 1. The number of nitrogens with zero attached hydrogens (tertiary/aromatic N) is 1. The van der Waals surface area contributed by atoms with E-state index in [9.17, 15) is 0 Å². The van der Waals surface area contributed by atoms with Gasteiger partial charge in [-0.1, -0.05) is 13.3 Å². The van der Waals surface area contributed by atoms with Crippen molar-refractivity contribution in [1.82, 2.24) is 9.88 Å². The molecule has 0 bridgehead atoms. The van der Waals surface area contributed by atoms with Crippen LogP contribution in [-0.4, -0.2) is 22.8 Å². The summed E-state index contributed by atoms with van der Waals surface area (Å²) < 4.78 is 2.22. The first-order valence-corrected chi connectivity index (χ1v) is 6.53. The Morgan fingerprint density at radius 1 is 1.41 bits per heavy atom. The van der Waals surface area contributed by atoms with Crippen molar-refractivity contribution < 1.29 is 5.11 Å². The zero-order chi connectivity index (χ0) is 12.8. The highest BCUT2D eigenvalue weighted by molar-refractivity contribution is 5.26. The molecule has 0 aromatic carbocycles. The highest BCUT2D eigenvalue weighted by Crippen LogP contribution is 2.13. The molecule has 1 rings (SSSR count). The Balaban J connectivity index is 2.42. The molecule has 0 spiro atoms.